The van der Waals surface area contributed by atoms with Gasteiger partial charge in [-0.25, -0.2) is 0 Å². The summed E-state index contributed by atoms with van der Waals surface area (Å²) in [6, 6.07) is 28.8. The monoisotopic (exact) mass is 449 g/mol. The van der Waals surface area contributed by atoms with E-state index in [0.717, 1.165) is 22.3 Å². The first-order chi connectivity index (χ1) is 16.4. The molecule has 0 radical (unpaired) electrons. The Balaban J connectivity index is 1.56. The van der Waals surface area contributed by atoms with Gasteiger partial charge in [-0.3, -0.25) is 14.5 Å². The molecule has 1 heterocycles. The number of phenols is 2. The molecular formula is C29H23NO4. The predicted molar refractivity (Wildman–Crippen MR) is 129 cm³/mol. The zero-order chi connectivity index (χ0) is 23.9. The van der Waals surface area contributed by atoms with Crippen LogP contribution in [0.25, 0.3) is 0 Å². The van der Waals surface area contributed by atoms with Gasteiger partial charge in [0.05, 0.1) is 17.7 Å². The zero-order valence-electron chi connectivity index (χ0n) is 18.6. The lowest BCUT2D eigenvalue weighted by molar-refractivity contribution is 0.0642. The predicted octanol–water partition coefficient (Wildman–Crippen LogP) is 5.25. The van der Waals surface area contributed by atoms with Crippen LogP contribution in [0.15, 0.2) is 97.1 Å². The molecule has 1 aliphatic rings. The van der Waals surface area contributed by atoms with Crippen molar-refractivity contribution in [2.24, 2.45) is 0 Å². The molecule has 5 nitrogen and oxygen atoms in total. The molecule has 0 atom stereocenters. The van der Waals surface area contributed by atoms with Crippen molar-refractivity contribution >= 4 is 11.8 Å². The number of carbonyl (C=O) groups excluding carboxylic acids is 2. The summed E-state index contributed by atoms with van der Waals surface area (Å²) in [5.74, 6) is -0.218. The summed E-state index contributed by atoms with van der Waals surface area (Å²) in [4.78, 5) is 27.0. The summed E-state index contributed by atoms with van der Waals surface area (Å²) in [6.45, 7) is 2.24. The van der Waals surface area contributed by atoms with E-state index in [4.69, 9.17) is 0 Å². The van der Waals surface area contributed by atoms with Crippen LogP contribution < -0.4 is 0 Å². The van der Waals surface area contributed by atoms with Crippen molar-refractivity contribution in [1.29, 1.82) is 0 Å². The summed E-state index contributed by atoms with van der Waals surface area (Å²) in [5, 5.41) is 19.7. The summed E-state index contributed by atoms with van der Waals surface area (Å²) in [7, 11) is 0. The SMILES string of the molecule is CC(c1ccc(O)cc1)(c1ccc(O)cc1)c1cccc(CN2C(=O)c3ccccc3C2=O)c1. The van der Waals surface area contributed by atoms with Gasteiger partial charge in [-0.2, -0.15) is 0 Å². The molecule has 1 aliphatic heterocycles. The number of carbonyl (C=O) groups is 2. The fraction of sp³-hybridized carbons (Fsp3) is 0.103. The highest BCUT2D eigenvalue weighted by Gasteiger charge is 2.36. The molecule has 0 saturated carbocycles. The number of amides is 2. The number of hydrogen-bond acceptors (Lipinski definition) is 4. The first-order valence-corrected chi connectivity index (χ1v) is 11.0. The van der Waals surface area contributed by atoms with Crippen LogP contribution in [0.3, 0.4) is 0 Å². The maximum absolute atomic E-state index is 12.9. The van der Waals surface area contributed by atoms with Crippen LogP contribution in [0.1, 0.15) is 49.9 Å². The number of fused-ring (bicyclic) bond motifs is 1. The molecule has 4 aromatic carbocycles. The van der Waals surface area contributed by atoms with Gasteiger partial charge in [0.1, 0.15) is 11.5 Å². The fourth-order valence-electron chi connectivity index (χ4n) is 4.64. The van der Waals surface area contributed by atoms with E-state index in [1.54, 1.807) is 48.5 Å². The smallest absolute Gasteiger partial charge is 0.261 e. The second-order valence-electron chi connectivity index (χ2n) is 8.66. The Bertz CT molecular complexity index is 1310. The number of benzene rings is 4. The summed E-state index contributed by atoms with van der Waals surface area (Å²) >= 11 is 0. The molecule has 0 spiro atoms. The topological polar surface area (TPSA) is 77.8 Å². The Kier molecular flexibility index (Phi) is 5.17. The summed E-state index contributed by atoms with van der Waals surface area (Å²) < 4.78 is 0. The van der Waals surface area contributed by atoms with E-state index < -0.39 is 5.41 Å². The summed E-state index contributed by atoms with van der Waals surface area (Å²) in [6.07, 6.45) is 0. The Labute approximate surface area is 197 Å². The molecule has 5 rings (SSSR count). The Morgan fingerprint density at radius 3 is 1.65 bits per heavy atom. The van der Waals surface area contributed by atoms with Crippen LogP contribution in [-0.4, -0.2) is 26.9 Å². The lowest BCUT2D eigenvalue weighted by atomic mass is 9.71. The molecule has 0 fully saturated rings. The maximum atomic E-state index is 12.9. The van der Waals surface area contributed by atoms with Crippen molar-refractivity contribution in [3.8, 4) is 11.5 Å². The van der Waals surface area contributed by atoms with Gasteiger partial charge in [-0.05, 0) is 65.6 Å². The minimum atomic E-state index is -0.612. The van der Waals surface area contributed by atoms with Crippen molar-refractivity contribution in [1.82, 2.24) is 4.90 Å². The first-order valence-electron chi connectivity index (χ1n) is 11.0. The van der Waals surface area contributed by atoms with Crippen LogP contribution in [-0.2, 0) is 12.0 Å². The standard InChI is InChI=1S/C29H23NO4/c1-29(20-9-13-23(31)14-10-20,21-11-15-24(32)16-12-21)22-6-4-5-19(17-22)18-30-27(33)25-7-2-3-8-26(25)28(30)34/h2-17,31-32H,18H2,1H3. The van der Waals surface area contributed by atoms with Crippen molar-refractivity contribution in [2.75, 3.05) is 0 Å². The third-order valence-electron chi connectivity index (χ3n) is 6.61. The Morgan fingerprint density at radius 1 is 0.647 bits per heavy atom. The molecule has 0 aliphatic carbocycles. The first kappa shape index (κ1) is 21.5. The van der Waals surface area contributed by atoms with Crippen molar-refractivity contribution in [2.45, 2.75) is 18.9 Å². The Morgan fingerprint density at radius 2 is 1.15 bits per heavy atom. The highest BCUT2D eigenvalue weighted by Crippen LogP contribution is 2.40. The molecule has 34 heavy (non-hydrogen) atoms. The number of imide groups is 1. The molecule has 0 saturated heterocycles. The third kappa shape index (κ3) is 3.52. The maximum Gasteiger partial charge on any atom is 0.261 e. The van der Waals surface area contributed by atoms with Crippen molar-refractivity contribution in [3.05, 3.63) is 130 Å². The number of phenolic OH excluding ortho intramolecular Hbond substituents is 2. The van der Waals surface area contributed by atoms with Crippen molar-refractivity contribution < 1.29 is 19.8 Å². The van der Waals surface area contributed by atoms with Gasteiger partial charge in [0.2, 0.25) is 0 Å². The van der Waals surface area contributed by atoms with Crippen LogP contribution in [0.5, 0.6) is 11.5 Å². The van der Waals surface area contributed by atoms with Gasteiger partial charge >= 0.3 is 0 Å². The van der Waals surface area contributed by atoms with E-state index in [0.29, 0.717) is 11.1 Å². The molecule has 0 aromatic heterocycles. The van der Waals surface area contributed by atoms with E-state index in [1.165, 1.54) is 4.90 Å². The highest BCUT2D eigenvalue weighted by molar-refractivity contribution is 6.21. The largest absolute Gasteiger partial charge is 0.508 e. The van der Waals surface area contributed by atoms with E-state index in [1.807, 2.05) is 48.5 Å². The number of nitrogens with zero attached hydrogens (tertiary/aromatic N) is 1. The van der Waals surface area contributed by atoms with Gasteiger partial charge in [0, 0.05) is 5.41 Å². The van der Waals surface area contributed by atoms with E-state index in [2.05, 4.69) is 6.92 Å². The quantitative estimate of drug-likeness (QED) is 0.322. The molecule has 2 N–H and O–H groups in total. The van der Waals surface area contributed by atoms with Crippen LogP contribution >= 0.6 is 0 Å². The highest BCUT2D eigenvalue weighted by atomic mass is 16.3. The van der Waals surface area contributed by atoms with Gasteiger partial charge in [-0.15, -0.1) is 0 Å². The molecule has 168 valence electrons. The van der Waals surface area contributed by atoms with Gasteiger partial charge in [0.15, 0.2) is 0 Å². The lowest BCUT2D eigenvalue weighted by Gasteiger charge is -2.32. The Hall–Kier alpha value is -4.38. The molecular weight excluding hydrogens is 426 g/mol. The molecule has 4 aromatic rings. The second kappa shape index (κ2) is 8.19. The molecule has 0 bridgehead atoms. The molecule has 5 heteroatoms. The number of hydrogen-bond donors (Lipinski definition) is 2. The molecule has 2 amide bonds. The average molecular weight is 450 g/mol. The van der Waals surface area contributed by atoms with Gasteiger partial charge in [0.25, 0.3) is 11.8 Å². The van der Waals surface area contributed by atoms with E-state index in [-0.39, 0.29) is 29.9 Å². The number of rotatable bonds is 5. The minimum absolute atomic E-state index is 0.168. The van der Waals surface area contributed by atoms with Crippen LogP contribution in [0, 0.1) is 0 Å². The summed E-state index contributed by atoms with van der Waals surface area (Å²) in [5.41, 5.74) is 3.94. The van der Waals surface area contributed by atoms with Crippen LogP contribution in [0.2, 0.25) is 0 Å². The number of aromatic hydroxyl groups is 2. The lowest BCUT2D eigenvalue weighted by Crippen LogP contribution is -2.29. The average Bonchev–Trinajstić information content (AvgIpc) is 3.09. The minimum Gasteiger partial charge on any atom is -0.508 e. The normalized spacial score (nSPS) is 13.3. The van der Waals surface area contributed by atoms with E-state index in [9.17, 15) is 19.8 Å². The van der Waals surface area contributed by atoms with Crippen molar-refractivity contribution in [3.63, 3.8) is 0 Å². The molecule has 0 unspecified atom stereocenters. The van der Waals surface area contributed by atoms with Gasteiger partial charge in [-0.1, -0.05) is 60.7 Å². The zero-order valence-corrected chi connectivity index (χ0v) is 18.6. The van der Waals surface area contributed by atoms with E-state index >= 15 is 0 Å². The fourth-order valence-corrected chi connectivity index (χ4v) is 4.64. The second-order valence-corrected chi connectivity index (χ2v) is 8.66. The van der Waals surface area contributed by atoms with Crippen LogP contribution in [0.4, 0.5) is 0 Å². The third-order valence-corrected chi connectivity index (χ3v) is 6.61. The van der Waals surface area contributed by atoms with Gasteiger partial charge < -0.3 is 10.2 Å².